The number of methoxy groups -OCH3 is 1. The fourth-order valence-corrected chi connectivity index (χ4v) is 2.88. The minimum absolute atomic E-state index is 0.214. The van der Waals surface area contributed by atoms with E-state index in [4.69, 9.17) is 9.47 Å². The minimum atomic E-state index is -1.16. The van der Waals surface area contributed by atoms with Crippen molar-refractivity contribution in [3.63, 3.8) is 0 Å². The number of benzene rings is 3. The second-order valence-electron chi connectivity index (χ2n) is 6.68. The van der Waals surface area contributed by atoms with E-state index >= 15 is 0 Å². The summed E-state index contributed by atoms with van der Waals surface area (Å²) in [5.41, 5.74) is 1.86. The van der Waals surface area contributed by atoms with Crippen molar-refractivity contribution in [2.24, 2.45) is 0 Å². The summed E-state index contributed by atoms with van der Waals surface area (Å²) < 4.78 is 10.7. The maximum atomic E-state index is 13.0. The van der Waals surface area contributed by atoms with Crippen molar-refractivity contribution in [2.45, 2.75) is 13.0 Å². The van der Waals surface area contributed by atoms with E-state index in [1.807, 2.05) is 6.07 Å². The van der Waals surface area contributed by atoms with Crippen molar-refractivity contribution in [1.82, 2.24) is 0 Å². The Balaban J connectivity index is 1.79. The average molecular weight is 418 g/mol. The molecule has 2 amide bonds. The van der Waals surface area contributed by atoms with Crippen LogP contribution in [0, 0.1) is 0 Å². The summed E-state index contributed by atoms with van der Waals surface area (Å²) in [4.78, 5) is 36.8. The molecule has 0 saturated heterocycles. The van der Waals surface area contributed by atoms with Gasteiger partial charge in [0.25, 0.3) is 5.91 Å². The predicted molar refractivity (Wildman–Crippen MR) is 117 cm³/mol. The number of anilines is 2. The van der Waals surface area contributed by atoms with Gasteiger partial charge >= 0.3 is 5.97 Å². The van der Waals surface area contributed by atoms with Crippen LogP contribution in [0.3, 0.4) is 0 Å². The highest BCUT2D eigenvalue weighted by Crippen LogP contribution is 2.24. The van der Waals surface area contributed by atoms with E-state index in [2.05, 4.69) is 10.6 Å². The summed E-state index contributed by atoms with van der Waals surface area (Å²) in [6.07, 6.45) is -1.16. The first-order chi connectivity index (χ1) is 15.0. The zero-order chi connectivity index (χ0) is 22.2. The second-order valence-corrected chi connectivity index (χ2v) is 6.68. The molecule has 0 bridgehead atoms. The number of ether oxygens (including phenoxy) is 2. The SMILES string of the molecule is COc1cccc(NC(=O)[C@@H](OC(=O)c2ccc(NC(C)=O)cc2)c2ccccc2)c1. The van der Waals surface area contributed by atoms with Gasteiger partial charge in [-0.2, -0.15) is 0 Å². The molecule has 3 aromatic rings. The van der Waals surface area contributed by atoms with Gasteiger partial charge in [0, 0.05) is 29.9 Å². The fourth-order valence-electron chi connectivity index (χ4n) is 2.88. The van der Waals surface area contributed by atoms with E-state index in [0.29, 0.717) is 22.7 Å². The van der Waals surface area contributed by atoms with Gasteiger partial charge < -0.3 is 20.1 Å². The number of nitrogens with one attached hydrogen (secondary N) is 2. The lowest BCUT2D eigenvalue weighted by atomic mass is 10.1. The highest BCUT2D eigenvalue weighted by Gasteiger charge is 2.26. The number of esters is 1. The van der Waals surface area contributed by atoms with Crippen LogP contribution in [0.15, 0.2) is 78.9 Å². The van der Waals surface area contributed by atoms with Crippen LogP contribution >= 0.6 is 0 Å². The lowest BCUT2D eigenvalue weighted by Crippen LogP contribution is -2.26. The largest absolute Gasteiger partial charge is 0.497 e. The van der Waals surface area contributed by atoms with Crippen molar-refractivity contribution in [2.75, 3.05) is 17.7 Å². The molecule has 3 aromatic carbocycles. The number of carbonyl (C=O) groups excluding carboxylic acids is 3. The van der Waals surface area contributed by atoms with Crippen LogP contribution in [-0.4, -0.2) is 24.9 Å². The Hall–Kier alpha value is -4.13. The molecule has 0 aliphatic rings. The van der Waals surface area contributed by atoms with Gasteiger partial charge in [0.15, 0.2) is 0 Å². The molecule has 7 heteroatoms. The van der Waals surface area contributed by atoms with Gasteiger partial charge in [0.05, 0.1) is 12.7 Å². The van der Waals surface area contributed by atoms with Gasteiger partial charge in [-0.05, 0) is 36.4 Å². The summed E-state index contributed by atoms with van der Waals surface area (Å²) in [6.45, 7) is 1.40. The van der Waals surface area contributed by atoms with Gasteiger partial charge in [0.2, 0.25) is 12.0 Å². The number of hydrogen-bond donors (Lipinski definition) is 2. The highest BCUT2D eigenvalue weighted by molar-refractivity contribution is 5.98. The van der Waals surface area contributed by atoms with Crippen LogP contribution in [0.25, 0.3) is 0 Å². The van der Waals surface area contributed by atoms with Crippen molar-refractivity contribution >= 4 is 29.2 Å². The van der Waals surface area contributed by atoms with Crippen LogP contribution in [0.4, 0.5) is 11.4 Å². The van der Waals surface area contributed by atoms with E-state index < -0.39 is 18.0 Å². The normalized spacial score (nSPS) is 11.2. The third-order valence-electron chi connectivity index (χ3n) is 4.34. The van der Waals surface area contributed by atoms with Gasteiger partial charge in [-0.25, -0.2) is 4.79 Å². The Morgan fingerprint density at radius 3 is 2.16 bits per heavy atom. The van der Waals surface area contributed by atoms with Gasteiger partial charge in [-0.3, -0.25) is 9.59 Å². The van der Waals surface area contributed by atoms with Crippen LogP contribution in [0.1, 0.15) is 28.9 Å². The maximum absolute atomic E-state index is 13.0. The third-order valence-corrected chi connectivity index (χ3v) is 4.34. The van der Waals surface area contributed by atoms with Crippen LogP contribution in [0.2, 0.25) is 0 Å². The highest BCUT2D eigenvalue weighted by atomic mass is 16.5. The molecule has 0 aliphatic carbocycles. The monoisotopic (exact) mass is 418 g/mol. The number of amides is 2. The molecule has 31 heavy (non-hydrogen) atoms. The van der Waals surface area contributed by atoms with Crippen molar-refractivity contribution in [3.8, 4) is 5.75 Å². The molecule has 158 valence electrons. The third kappa shape index (κ3) is 5.93. The van der Waals surface area contributed by atoms with Crippen LogP contribution < -0.4 is 15.4 Å². The quantitative estimate of drug-likeness (QED) is 0.561. The van der Waals surface area contributed by atoms with Gasteiger partial charge in [-0.1, -0.05) is 36.4 Å². The molecule has 0 heterocycles. The number of hydrogen-bond acceptors (Lipinski definition) is 5. The lowest BCUT2D eigenvalue weighted by Gasteiger charge is -2.18. The molecule has 1 atom stereocenters. The zero-order valence-corrected chi connectivity index (χ0v) is 17.1. The van der Waals surface area contributed by atoms with E-state index in [0.717, 1.165) is 0 Å². The molecule has 2 N–H and O–H groups in total. The Bertz CT molecular complexity index is 1060. The molecular formula is C24H22N2O5. The zero-order valence-electron chi connectivity index (χ0n) is 17.1. The molecule has 0 aromatic heterocycles. The smallest absolute Gasteiger partial charge is 0.339 e. The van der Waals surface area contributed by atoms with E-state index in [-0.39, 0.29) is 11.5 Å². The summed E-state index contributed by atoms with van der Waals surface area (Å²) >= 11 is 0. The Morgan fingerprint density at radius 1 is 0.806 bits per heavy atom. The number of rotatable bonds is 7. The first kappa shape index (κ1) is 21.6. The molecule has 0 aliphatic heterocycles. The molecule has 0 fully saturated rings. The Kier molecular flexibility index (Phi) is 7.01. The van der Waals surface area contributed by atoms with E-state index in [1.54, 1.807) is 60.7 Å². The van der Waals surface area contributed by atoms with Gasteiger partial charge in [0.1, 0.15) is 5.75 Å². The minimum Gasteiger partial charge on any atom is -0.497 e. The molecule has 0 radical (unpaired) electrons. The van der Waals surface area contributed by atoms with E-state index in [1.165, 1.54) is 26.2 Å². The van der Waals surface area contributed by atoms with Crippen LogP contribution in [-0.2, 0) is 14.3 Å². The lowest BCUT2D eigenvalue weighted by molar-refractivity contribution is -0.125. The second kappa shape index (κ2) is 10.1. The molecule has 7 nitrogen and oxygen atoms in total. The number of carbonyl (C=O) groups is 3. The molecular weight excluding hydrogens is 396 g/mol. The molecule has 3 rings (SSSR count). The Labute approximate surface area is 180 Å². The first-order valence-corrected chi connectivity index (χ1v) is 9.55. The van der Waals surface area contributed by atoms with Crippen molar-refractivity contribution in [3.05, 3.63) is 90.0 Å². The van der Waals surface area contributed by atoms with Crippen molar-refractivity contribution in [1.29, 1.82) is 0 Å². The Morgan fingerprint density at radius 2 is 1.52 bits per heavy atom. The molecule has 0 spiro atoms. The predicted octanol–water partition coefficient (Wildman–Crippen LogP) is 4.19. The maximum Gasteiger partial charge on any atom is 0.339 e. The first-order valence-electron chi connectivity index (χ1n) is 9.55. The molecule has 0 saturated carbocycles. The summed E-state index contributed by atoms with van der Waals surface area (Å²) in [5.74, 6) is -0.786. The van der Waals surface area contributed by atoms with E-state index in [9.17, 15) is 14.4 Å². The summed E-state index contributed by atoms with van der Waals surface area (Å²) in [5, 5.41) is 5.39. The summed E-state index contributed by atoms with van der Waals surface area (Å²) in [6, 6.07) is 21.9. The molecule has 0 unspecified atom stereocenters. The average Bonchev–Trinajstić information content (AvgIpc) is 2.78. The van der Waals surface area contributed by atoms with Crippen molar-refractivity contribution < 1.29 is 23.9 Å². The van der Waals surface area contributed by atoms with Crippen LogP contribution in [0.5, 0.6) is 5.75 Å². The topological polar surface area (TPSA) is 93.7 Å². The summed E-state index contributed by atoms with van der Waals surface area (Å²) in [7, 11) is 1.53. The standard InChI is InChI=1S/C24H22N2O5/c1-16(27)25-19-13-11-18(12-14-19)24(29)31-22(17-7-4-3-5-8-17)23(28)26-20-9-6-10-21(15-20)30-2/h3-15,22H,1-2H3,(H,25,27)(H,26,28)/t22-/m0/s1. The fraction of sp³-hybridized carbons (Fsp3) is 0.125. The van der Waals surface area contributed by atoms with Gasteiger partial charge in [-0.15, -0.1) is 0 Å².